The molecule has 1 aromatic heterocycles. The van der Waals surface area contributed by atoms with E-state index in [2.05, 4.69) is 9.88 Å². The maximum atomic E-state index is 10.4. The minimum Gasteiger partial charge on any atom is -0.478 e. The maximum Gasteiger partial charge on any atom is 0.328 e. The fourth-order valence-electron chi connectivity index (χ4n) is 1.95. The summed E-state index contributed by atoms with van der Waals surface area (Å²) in [5.74, 6) is -0.00400. The van der Waals surface area contributed by atoms with Crippen LogP contribution in [0, 0.1) is 6.92 Å². The van der Waals surface area contributed by atoms with Crippen LogP contribution in [0.4, 0.5) is 5.82 Å². The molecular formula is C13H16N2O3. The minimum atomic E-state index is -0.954. The Morgan fingerprint density at radius 3 is 2.83 bits per heavy atom. The molecule has 5 heteroatoms. The van der Waals surface area contributed by atoms with Gasteiger partial charge in [-0.15, -0.1) is 0 Å². The third-order valence-electron chi connectivity index (χ3n) is 2.80. The molecule has 1 N–H and O–H groups in total. The van der Waals surface area contributed by atoms with Crippen molar-refractivity contribution in [2.75, 3.05) is 31.2 Å². The number of carboxylic acids is 1. The summed E-state index contributed by atoms with van der Waals surface area (Å²) >= 11 is 0. The topological polar surface area (TPSA) is 62.7 Å². The number of rotatable bonds is 3. The normalized spacial score (nSPS) is 16.2. The molecule has 0 spiro atoms. The molecule has 0 aliphatic carbocycles. The van der Waals surface area contributed by atoms with Crippen LogP contribution in [0.1, 0.15) is 11.1 Å². The molecular weight excluding hydrogens is 232 g/mol. The average molecular weight is 248 g/mol. The zero-order chi connectivity index (χ0) is 13.0. The number of aromatic nitrogens is 1. The number of nitrogens with zero attached hydrogens (tertiary/aromatic N) is 2. The molecule has 0 unspecified atom stereocenters. The molecule has 0 bridgehead atoms. The molecule has 2 rings (SSSR count). The number of hydrogen-bond donors (Lipinski definition) is 1. The summed E-state index contributed by atoms with van der Waals surface area (Å²) < 4.78 is 5.30. The van der Waals surface area contributed by atoms with Crippen molar-refractivity contribution in [3.05, 3.63) is 29.5 Å². The summed E-state index contributed by atoms with van der Waals surface area (Å²) in [4.78, 5) is 17.0. The van der Waals surface area contributed by atoms with Crippen LogP contribution < -0.4 is 4.90 Å². The highest BCUT2D eigenvalue weighted by atomic mass is 16.5. The van der Waals surface area contributed by atoms with Crippen molar-refractivity contribution in [2.45, 2.75) is 6.92 Å². The van der Waals surface area contributed by atoms with Crippen molar-refractivity contribution in [3.63, 3.8) is 0 Å². The first-order chi connectivity index (χ1) is 8.66. The van der Waals surface area contributed by atoms with Crippen molar-refractivity contribution >= 4 is 17.9 Å². The van der Waals surface area contributed by atoms with Crippen molar-refractivity contribution in [2.24, 2.45) is 0 Å². The van der Waals surface area contributed by atoms with Gasteiger partial charge in [0, 0.05) is 25.4 Å². The van der Waals surface area contributed by atoms with Gasteiger partial charge in [-0.05, 0) is 30.2 Å². The van der Waals surface area contributed by atoms with Gasteiger partial charge in [0.2, 0.25) is 0 Å². The Bertz CT molecular complexity index is 465. The Morgan fingerprint density at radius 1 is 1.50 bits per heavy atom. The summed E-state index contributed by atoms with van der Waals surface area (Å²) in [5, 5.41) is 8.57. The van der Waals surface area contributed by atoms with Gasteiger partial charge in [0.05, 0.1) is 13.2 Å². The van der Waals surface area contributed by atoms with Crippen molar-refractivity contribution in [1.82, 2.24) is 4.98 Å². The van der Waals surface area contributed by atoms with E-state index in [1.54, 1.807) is 12.3 Å². The molecule has 1 aliphatic rings. The second kappa shape index (κ2) is 5.64. The van der Waals surface area contributed by atoms with E-state index in [-0.39, 0.29) is 0 Å². The predicted octanol–water partition coefficient (Wildman–Crippen LogP) is 1.32. The number of aliphatic carboxylic acids is 1. The first kappa shape index (κ1) is 12.6. The van der Waals surface area contributed by atoms with Crippen molar-refractivity contribution < 1.29 is 14.6 Å². The Labute approximate surface area is 106 Å². The smallest absolute Gasteiger partial charge is 0.328 e. The summed E-state index contributed by atoms with van der Waals surface area (Å²) in [6.07, 6.45) is 4.35. The second-order valence-electron chi connectivity index (χ2n) is 4.18. The summed E-state index contributed by atoms with van der Waals surface area (Å²) in [5.41, 5.74) is 1.84. The van der Waals surface area contributed by atoms with E-state index in [0.29, 0.717) is 0 Å². The van der Waals surface area contributed by atoms with Crippen LogP contribution >= 0.6 is 0 Å². The molecule has 1 aliphatic heterocycles. The van der Waals surface area contributed by atoms with Crippen LogP contribution in [-0.4, -0.2) is 42.4 Å². The van der Waals surface area contributed by atoms with Crippen LogP contribution in [0.25, 0.3) is 6.08 Å². The Morgan fingerprint density at radius 2 is 2.22 bits per heavy atom. The number of hydrogen-bond acceptors (Lipinski definition) is 4. The highest BCUT2D eigenvalue weighted by Crippen LogP contribution is 2.19. The maximum absolute atomic E-state index is 10.4. The van der Waals surface area contributed by atoms with E-state index in [9.17, 15) is 4.79 Å². The van der Waals surface area contributed by atoms with Gasteiger partial charge in [-0.1, -0.05) is 0 Å². The Kier molecular flexibility index (Phi) is 3.94. The molecule has 96 valence electrons. The molecule has 2 heterocycles. The zero-order valence-corrected chi connectivity index (χ0v) is 10.3. The van der Waals surface area contributed by atoms with Crippen LogP contribution in [0.2, 0.25) is 0 Å². The summed E-state index contributed by atoms with van der Waals surface area (Å²) in [6, 6.07) is 1.94. The molecule has 1 saturated heterocycles. The third kappa shape index (κ3) is 3.07. The average Bonchev–Trinajstić information content (AvgIpc) is 2.37. The van der Waals surface area contributed by atoms with Gasteiger partial charge in [0.15, 0.2) is 0 Å². The lowest BCUT2D eigenvalue weighted by Crippen LogP contribution is -2.37. The van der Waals surface area contributed by atoms with Crippen LogP contribution in [-0.2, 0) is 9.53 Å². The summed E-state index contributed by atoms with van der Waals surface area (Å²) in [7, 11) is 0. The molecule has 0 radical (unpaired) electrons. The Hall–Kier alpha value is -1.88. The zero-order valence-electron chi connectivity index (χ0n) is 10.3. The molecule has 0 aromatic carbocycles. The number of carboxylic acid groups (broad SMARTS) is 1. The number of aryl methyl sites for hydroxylation is 1. The number of pyridine rings is 1. The van der Waals surface area contributed by atoms with E-state index in [1.807, 2.05) is 13.0 Å². The molecule has 5 nitrogen and oxygen atoms in total. The van der Waals surface area contributed by atoms with Crippen LogP contribution in [0.3, 0.4) is 0 Å². The van der Waals surface area contributed by atoms with E-state index in [0.717, 1.165) is 49.3 Å². The second-order valence-corrected chi connectivity index (χ2v) is 4.18. The van der Waals surface area contributed by atoms with Crippen molar-refractivity contribution in [1.29, 1.82) is 0 Å². The van der Waals surface area contributed by atoms with Gasteiger partial charge in [0.1, 0.15) is 5.82 Å². The lowest BCUT2D eigenvalue weighted by Gasteiger charge is -2.29. The van der Waals surface area contributed by atoms with Crippen molar-refractivity contribution in [3.8, 4) is 0 Å². The quantitative estimate of drug-likeness (QED) is 0.817. The Balaban J connectivity index is 2.16. The lowest BCUT2D eigenvalue weighted by molar-refractivity contribution is -0.131. The van der Waals surface area contributed by atoms with Gasteiger partial charge in [-0.3, -0.25) is 0 Å². The standard InChI is InChI=1S/C13H16N2O3/c1-10-8-11(2-3-12(16)17)9-14-13(10)15-4-6-18-7-5-15/h2-3,8-9H,4-7H2,1H3,(H,16,17)/b3-2+. The third-order valence-corrected chi connectivity index (χ3v) is 2.80. The largest absolute Gasteiger partial charge is 0.478 e. The van der Waals surface area contributed by atoms with Crippen LogP contribution in [0.15, 0.2) is 18.3 Å². The van der Waals surface area contributed by atoms with E-state index in [4.69, 9.17) is 9.84 Å². The van der Waals surface area contributed by atoms with E-state index < -0.39 is 5.97 Å². The fraction of sp³-hybridized carbons (Fsp3) is 0.385. The SMILES string of the molecule is Cc1cc(/C=C/C(=O)O)cnc1N1CCOCC1. The van der Waals surface area contributed by atoms with Crippen LogP contribution in [0.5, 0.6) is 0 Å². The monoisotopic (exact) mass is 248 g/mol. The lowest BCUT2D eigenvalue weighted by atomic mass is 10.2. The molecule has 1 aromatic rings. The molecule has 18 heavy (non-hydrogen) atoms. The number of carbonyl (C=O) groups is 1. The fourth-order valence-corrected chi connectivity index (χ4v) is 1.95. The van der Waals surface area contributed by atoms with E-state index in [1.165, 1.54) is 0 Å². The summed E-state index contributed by atoms with van der Waals surface area (Å²) in [6.45, 7) is 5.12. The number of ether oxygens (including phenoxy) is 1. The predicted molar refractivity (Wildman–Crippen MR) is 68.7 cm³/mol. The number of morpholine rings is 1. The first-order valence-electron chi connectivity index (χ1n) is 5.87. The highest BCUT2D eigenvalue weighted by Gasteiger charge is 2.14. The van der Waals surface area contributed by atoms with Gasteiger partial charge in [0.25, 0.3) is 0 Å². The molecule has 0 amide bonds. The highest BCUT2D eigenvalue weighted by molar-refractivity contribution is 5.85. The van der Waals surface area contributed by atoms with E-state index >= 15 is 0 Å². The first-order valence-corrected chi connectivity index (χ1v) is 5.87. The van der Waals surface area contributed by atoms with Gasteiger partial charge in [-0.25, -0.2) is 9.78 Å². The minimum absolute atomic E-state index is 0.724. The number of anilines is 1. The molecule has 0 atom stereocenters. The van der Waals surface area contributed by atoms with Gasteiger partial charge in [-0.2, -0.15) is 0 Å². The molecule has 0 saturated carbocycles. The molecule has 1 fully saturated rings. The van der Waals surface area contributed by atoms with Gasteiger partial charge < -0.3 is 14.7 Å². The van der Waals surface area contributed by atoms with Gasteiger partial charge >= 0.3 is 5.97 Å².